The number of imidazole rings is 1. The number of aryl methyl sites for hydroxylation is 4. The average Bonchev–Trinajstić information content (AvgIpc) is 2.53. The van der Waals surface area contributed by atoms with E-state index in [1.165, 1.54) is 0 Å². The summed E-state index contributed by atoms with van der Waals surface area (Å²) in [5, 5.41) is 9.31. The van der Waals surface area contributed by atoms with Gasteiger partial charge in [0.05, 0.1) is 11.4 Å². The third kappa shape index (κ3) is 1.90. The molecule has 0 fully saturated rings. The van der Waals surface area contributed by atoms with Crippen LogP contribution in [0.4, 0.5) is 0 Å². The second kappa shape index (κ2) is 4.29. The van der Waals surface area contributed by atoms with Crippen molar-refractivity contribution < 1.29 is 9.90 Å². The number of carbonyl (C=O) groups is 1. The molecule has 0 unspecified atom stereocenters. The summed E-state index contributed by atoms with van der Waals surface area (Å²) in [4.78, 5) is 15.6. The van der Waals surface area contributed by atoms with Crippen LogP contribution in [0.5, 0.6) is 0 Å². The van der Waals surface area contributed by atoms with Crippen molar-refractivity contribution >= 4 is 5.97 Å². The molecule has 94 valence electrons. The van der Waals surface area contributed by atoms with E-state index >= 15 is 0 Å². The first kappa shape index (κ1) is 12.4. The van der Waals surface area contributed by atoms with Gasteiger partial charge in [-0.05, 0) is 39.3 Å². The van der Waals surface area contributed by atoms with Crippen molar-refractivity contribution in [3.05, 3.63) is 46.5 Å². The minimum atomic E-state index is -0.951. The lowest BCUT2D eigenvalue weighted by Crippen LogP contribution is -2.10. The van der Waals surface area contributed by atoms with Gasteiger partial charge in [-0.3, -0.25) is 4.57 Å². The van der Waals surface area contributed by atoms with E-state index in [2.05, 4.69) is 4.98 Å². The van der Waals surface area contributed by atoms with E-state index in [1.807, 2.05) is 39.0 Å². The Labute approximate surface area is 106 Å². The maximum Gasteiger partial charge on any atom is 0.354 e. The smallest absolute Gasteiger partial charge is 0.354 e. The van der Waals surface area contributed by atoms with Gasteiger partial charge in [-0.2, -0.15) is 0 Å². The molecule has 0 aliphatic carbocycles. The SMILES string of the molecule is Cc1ccc(-n2c(C)nc(C)c2C(=O)O)c(C)c1. The number of benzene rings is 1. The minimum absolute atomic E-state index is 0.236. The molecule has 18 heavy (non-hydrogen) atoms. The van der Waals surface area contributed by atoms with Crippen molar-refractivity contribution in [1.82, 2.24) is 9.55 Å². The highest BCUT2D eigenvalue weighted by Gasteiger charge is 2.19. The zero-order valence-corrected chi connectivity index (χ0v) is 11.0. The van der Waals surface area contributed by atoms with Crippen LogP contribution in [0.3, 0.4) is 0 Å². The van der Waals surface area contributed by atoms with Crippen molar-refractivity contribution in [2.24, 2.45) is 0 Å². The molecule has 1 heterocycles. The third-order valence-electron chi connectivity index (χ3n) is 3.02. The molecule has 1 aromatic carbocycles. The van der Waals surface area contributed by atoms with Gasteiger partial charge >= 0.3 is 5.97 Å². The highest BCUT2D eigenvalue weighted by atomic mass is 16.4. The van der Waals surface area contributed by atoms with Crippen molar-refractivity contribution in [3.8, 4) is 5.69 Å². The van der Waals surface area contributed by atoms with Gasteiger partial charge < -0.3 is 5.11 Å². The van der Waals surface area contributed by atoms with E-state index in [4.69, 9.17) is 0 Å². The summed E-state index contributed by atoms with van der Waals surface area (Å²) in [7, 11) is 0. The van der Waals surface area contributed by atoms with Gasteiger partial charge in [0, 0.05) is 0 Å². The van der Waals surface area contributed by atoms with Crippen LogP contribution in [0.25, 0.3) is 5.69 Å². The van der Waals surface area contributed by atoms with Gasteiger partial charge in [-0.15, -0.1) is 0 Å². The summed E-state index contributed by atoms with van der Waals surface area (Å²) in [5.74, 6) is -0.259. The minimum Gasteiger partial charge on any atom is -0.477 e. The van der Waals surface area contributed by atoms with Crippen molar-refractivity contribution in [2.75, 3.05) is 0 Å². The predicted octanol–water partition coefficient (Wildman–Crippen LogP) is 2.80. The maximum atomic E-state index is 11.3. The Morgan fingerprint density at radius 3 is 2.44 bits per heavy atom. The van der Waals surface area contributed by atoms with Gasteiger partial charge in [-0.1, -0.05) is 17.7 Å². The molecule has 0 spiro atoms. The molecule has 2 aromatic rings. The molecule has 0 saturated heterocycles. The highest BCUT2D eigenvalue weighted by Crippen LogP contribution is 2.22. The lowest BCUT2D eigenvalue weighted by Gasteiger charge is -2.12. The van der Waals surface area contributed by atoms with Crippen LogP contribution >= 0.6 is 0 Å². The fourth-order valence-corrected chi connectivity index (χ4v) is 2.27. The van der Waals surface area contributed by atoms with E-state index in [0.29, 0.717) is 11.5 Å². The van der Waals surface area contributed by atoms with Crippen molar-refractivity contribution in [2.45, 2.75) is 27.7 Å². The average molecular weight is 244 g/mol. The zero-order chi connectivity index (χ0) is 13.4. The van der Waals surface area contributed by atoms with E-state index in [-0.39, 0.29) is 5.69 Å². The van der Waals surface area contributed by atoms with E-state index in [9.17, 15) is 9.90 Å². The summed E-state index contributed by atoms with van der Waals surface area (Å²) >= 11 is 0. The Morgan fingerprint density at radius 1 is 1.22 bits per heavy atom. The molecule has 2 rings (SSSR count). The molecule has 0 bridgehead atoms. The van der Waals surface area contributed by atoms with Gasteiger partial charge in [-0.25, -0.2) is 9.78 Å². The monoisotopic (exact) mass is 244 g/mol. The van der Waals surface area contributed by atoms with Crippen LogP contribution < -0.4 is 0 Å². The molecule has 0 aliphatic heterocycles. The third-order valence-corrected chi connectivity index (χ3v) is 3.02. The second-order valence-corrected chi connectivity index (χ2v) is 4.52. The van der Waals surface area contributed by atoms with Gasteiger partial charge in [0.1, 0.15) is 5.82 Å². The summed E-state index contributed by atoms with van der Waals surface area (Å²) in [6.07, 6.45) is 0. The molecule has 0 atom stereocenters. The summed E-state index contributed by atoms with van der Waals surface area (Å²) in [6, 6.07) is 5.95. The first-order valence-corrected chi connectivity index (χ1v) is 5.78. The normalized spacial score (nSPS) is 10.7. The number of hydrogen-bond acceptors (Lipinski definition) is 2. The Morgan fingerprint density at radius 2 is 1.89 bits per heavy atom. The molecule has 0 saturated carbocycles. The molecular formula is C14H16N2O2. The molecule has 0 aliphatic rings. The summed E-state index contributed by atoms with van der Waals surface area (Å²) < 4.78 is 1.70. The Bertz CT molecular complexity index is 627. The van der Waals surface area contributed by atoms with E-state index in [1.54, 1.807) is 11.5 Å². The lowest BCUT2D eigenvalue weighted by atomic mass is 10.1. The van der Waals surface area contributed by atoms with E-state index < -0.39 is 5.97 Å². The molecule has 4 nitrogen and oxygen atoms in total. The van der Waals surface area contributed by atoms with Gasteiger partial charge in [0.15, 0.2) is 5.69 Å². The van der Waals surface area contributed by atoms with Crippen molar-refractivity contribution in [3.63, 3.8) is 0 Å². The zero-order valence-electron chi connectivity index (χ0n) is 11.0. The fourth-order valence-electron chi connectivity index (χ4n) is 2.27. The molecule has 0 amide bonds. The topological polar surface area (TPSA) is 55.1 Å². The molecule has 4 heteroatoms. The number of carboxylic acids is 1. The molecule has 0 radical (unpaired) electrons. The highest BCUT2D eigenvalue weighted by molar-refractivity contribution is 5.88. The standard InChI is InChI=1S/C14H16N2O2/c1-8-5-6-12(9(2)7-8)16-11(4)15-10(3)13(16)14(17)18/h5-7H,1-4H3,(H,17,18). The molecule has 1 N–H and O–H groups in total. The second-order valence-electron chi connectivity index (χ2n) is 4.52. The van der Waals surface area contributed by atoms with Crippen LogP contribution in [0.2, 0.25) is 0 Å². The van der Waals surface area contributed by atoms with Crippen LogP contribution in [-0.4, -0.2) is 20.6 Å². The largest absolute Gasteiger partial charge is 0.477 e. The Balaban J connectivity index is 2.74. The quantitative estimate of drug-likeness (QED) is 0.883. The van der Waals surface area contributed by atoms with Gasteiger partial charge in [0.2, 0.25) is 0 Å². The number of aromatic nitrogens is 2. The molecular weight excluding hydrogens is 228 g/mol. The van der Waals surface area contributed by atoms with Crippen LogP contribution in [-0.2, 0) is 0 Å². The summed E-state index contributed by atoms with van der Waals surface area (Å²) in [6.45, 7) is 7.53. The number of carboxylic acid groups (broad SMARTS) is 1. The predicted molar refractivity (Wildman–Crippen MR) is 69.5 cm³/mol. The van der Waals surface area contributed by atoms with E-state index in [0.717, 1.165) is 16.8 Å². The van der Waals surface area contributed by atoms with Gasteiger partial charge in [0.25, 0.3) is 0 Å². The first-order valence-electron chi connectivity index (χ1n) is 5.78. The maximum absolute atomic E-state index is 11.3. The van der Waals surface area contributed by atoms with Crippen molar-refractivity contribution in [1.29, 1.82) is 0 Å². The first-order chi connectivity index (χ1) is 8.41. The Hall–Kier alpha value is -2.10. The number of hydrogen-bond donors (Lipinski definition) is 1. The fraction of sp³-hybridized carbons (Fsp3) is 0.286. The van der Waals surface area contributed by atoms with Crippen LogP contribution in [0.1, 0.15) is 33.1 Å². The lowest BCUT2D eigenvalue weighted by molar-refractivity contribution is 0.0687. The number of rotatable bonds is 2. The molecule has 1 aromatic heterocycles. The van der Waals surface area contributed by atoms with Crippen LogP contribution in [0.15, 0.2) is 18.2 Å². The number of aromatic carboxylic acids is 1. The summed E-state index contributed by atoms with van der Waals surface area (Å²) in [5.41, 5.74) is 3.84. The van der Waals surface area contributed by atoms with Crippen LogP contribution in [0, 0.1) is 27.7 Å². The number of nitrogens with zero attached hydrogens (tertiary/aromatic N) is 2. The Kier molecular flexibility index (Phi) is 2.95.